The summed E-state index contributed by atoms with van der Waals surface area (Å²) in [5.41, 5.74) is 6.70. The third kappa shape index (κ3) is 4.76. The lowest BCUT2D eigenvalue weighted by Crippen LogP contribution is -2.55. The molecule has 2 aromatic rings. The van der Waals surface area contributed by atoms with E-state index in [9.17, 15) is 18.0 Å². The number of carboxylic acid groups (broad SMARTS) is 1. The molecule has 0 bridgehead atoms. The Bertz CT molecular complexity index is 1120. The summed E-state index contributed by atoms with van der Waals surface area (Å²) >= 11 is 0. The molecule has 3 aliphatic heterocycles. The van der Waals surface area contributed by atoms with Gasteiger partial charge in [0.1, 0.15) is 18.4 Å². The van der Waals surface area contributed by atoms with Crippen LogP contribution in [0.2, 0.25) is 0 Å². The zero-order chi connectivity index (χ0) is 24.5. The van der Waals surface area contributed by atoms with Crippen molar-refractivity contribution in [3.63, 3.8) is 0 Å². The number of hydrogen-bond acceptors (Lipinski definition) is 7. The summed E-state index contributed by atoms with van der Waals surface area (Å²) < 4.78 is 37.7. The van der Waals surface area contributed by atoms with Crippen molar-refractivity contribution < 1.29 is 32.6 Å². The quantitative estimate of drug-likeness (QED) is 0.537. The Balaban J connectivity index is 0.000000344. The number of aliphatic carboxylic acids is 1. The van der Waals surface area contributed by atoms with Crippen LogP contribution in [0.5, 0.6) is 5.75 Å². The third-order valence-electron chi connectivity index (χ3n) is 5.52. The first kappa shape index (κ1) is 23.4. The van der Waals surface area contributed by atoms with E-state index in [1.54, 1.807) is 0 Å². The number of rotatable bonds is 3. The lowest BCUT2D eigenvalue weighted by atomic mass is 9.99. The molecule has 1 saturated heterocycles. The fraction of sp³-hybridized carbons (Fsp3) is 0.318. The highest BCUT2D eigenvalue weighted by molar-refractivity contribution is 6.10. The maximum Gasteiger partial charge on any atom is 0.490 e. The summed E-state index contributed by atoms with van der Waals surface area (Å²) in [6.07, 6.45) is -5.08. The van der Waals surface area contributed by atoms with Crippen molar-refractivity contribution in [2.75, 3.05) is 29.9 Å². The van der Waals surface area contributed by atoms with E-state index in [4.69, 9.17) is 14.6 Å². The molecule has 1 atom stereocenters. The predicted molar refractivity (Wildman–Crippen MR) is 119 cm³/mol. The summed E-state index contributed by atoms with van der Waals surface area (Å²) in [4.78, 5) is 23.0. The number of carboxylic acids is 1. The van der Waals surface area contributed by atoms with Crippen LogP contribution in [0, 0.1) is 0 Å². The predicted octanol–water partition coefficient (Wildman–Crippen LogP) is 2.40. The van der Waals surface area contributed by atoms with E-state index in [-0.39, 0.29) is 11.9 Å². The monoisotopic (exact) mass is 477 g/mol. The molecule has 0 saturated carbocycles. The number of carbonyl (C=O) groups excluding carboxylic acids is 1. The number of anilines is 2. The number of fused-ring (bicyclic) bond motifs is 3. The normalized spacial score (nSPS) is 19.2. The lowest BCUT2D eigenvalue weighted by Gasteiger charge is -2.39. The van der Waals surface area contributed by atoms with Crippen LogP contribution in [0.15, 0.2) is 47.6 Å². The molecule has 2 aromatic carbocycles. The number of nitrogens with one attached hydrogen (secondary N) is 3. The van der Waals surface area contributed by atoms with Crippen LogP contribution in [0.4, 0.5) is 24.5 Å². The Morgan fingerprint density at radius 1 is 1.24 bits per heavy atom. The molecule has 34 heavy (non-hydrogen) atoms. The fourth-order valence-electron chi connectivity index (χ4n) is 3.66. The third-order valence-corrected chi connectivity index (χ3v) is 5.52. The molecule has 0 unspecified atom stereocenters. The van der Waals surface area contributed by atoms with Crippen molar-refractivity contribution in [3.8, 4) is 16.9 Å². The molecule has 3 aliphatic rings. The van der Waals surface area contributed by atoms with Gasteiger partial charge in [-0.15, -0.1) is 0 Å². The first-order valence-electron chi connectivity index (χ1n) is 10.4. The number of ether oxygens (including phenoxy) is 1. The highest BCUT2D eigenvalue weighted by atomic mass is 19.4. The van der Waals surface area contributed by atoms with E-state index in [1.165, 1.54) is 0 Å². The minimum Gasteiger partial charge on any atom is -0.483 e. The van der Waals surface area contributed by atoms with Gasteiger partial charge in [0, 0.05) is 24.3 Å². The summed E-state index contributed by atoms with van der Waals surface area (Å²) in [7, 11) is 0. The molecule has 4 N–H and O–H groups in total. The Morgan fingerprint density at radius 3 is 2.50 bits per heavy atom. The van der Waals surface area contributed by atoms with Gasteiger partial charge in [0.05, 0.1) is 11.7 Å². The van der Waals surface area contributed by atoms with Crippen molar-refractivity contribution in [1.29, 1.82) is 0 Å². The number of carbonyl (C=O) groups is 2. The van der Waals surface area contributed by atoms with Crippen LogP contribution in [0.25, 0.3) is 11.1 Å². The number of amidine groups is 1. The van der Waals surface area contributed by atoms with Crippen LogP contribution >= 0.6 is 0 Å². The minimum atomic E-state index is -5.08. The largest absolute Gasteiger partial charge is 0.490 e. The number of alkyl halides is 3. The van der Waals surface area contributed by atoms with Crippen molar-refractivity contribution >= 4 is 29.1 Å². The van der Waals surface area contributed by atoms with Crippen LogP contribution in [-0.4, -0.2) is 60.8 Å². The number of hydrogen-bond donors (Lipinski definition) is 4. The van der Waals surface area contributed by atoms with Gasteiger partial charge in [-0.2, -0.15) is 18.3 Å². The van der Waals surface area contributed by atoms with E-state index in [0.29, 0.717) is 12.6 Å². The maximum absolute atomic E-state index is 12.1. The molecule has 1 fully saturated rings. The first-order valence-corrected chi connectivity index (χ1v) is 10.4. The van der Waals surface area contributed by atoms with E-state index in [2.05, 4.69) is 45.4 Å². The molecule has 3 heterocycles. The van der Waals surface area contributed by atoms with Crippen LogP contribution in [0.1, 0.15) is 6.92 Å². The van der Waals surface area contributed by atoms with Crippen molar-refractivity contribution in [1.82, 2.24) is 10.7 Å². The summed E-state index contributed by atoms with van der Waals surface area (Å²) in [6.45, 7) is 4.10. The SMILES string of the molecule is C[C@H]1C(=O)NN=C2COc3cc(-c4ccccc4)c(NC4CNC4)cc3N21.O=C(O)C(F)(F)F. The van der Waals surface area contributed by atoms with Crippen molar-refractivity contribution in [2.24, 2.45) is 5.10 Å². The molecule has 0 radical (unpaired) electrons. The summed E-state index contributed by atoms with van der Waals surface area (Å²) in [5, 5.41) is 18.2. The Morgan fingerprint density at radius 2 is 1.91 bits per heavy atom. The topological polar surface area (TPSA) is 115 Å². The average Bonchev–Trinajstić information content (AvgIpc) is 2.78. The number of nitrogens with zero attached hydrogens (tertiary/aromatic N) is 2. The van der Waals surface area contributed by atoms with Gasteiger partial charge in [-0.1, -0.05) is 30.3 Å². The summed E-state index contributed by atoms with van der Waals surface area (Å²) in [5.74, 6) is -1.38. The van der Waals surface area contributed by atoms with Gasteiger partial charge in [-0.3, -0.25) is 4.79 Å². The van der Waals surface area contributed by atoms with E-state index in [1.807, 2.05) is 30.0 Å². The van der Waals surface area contributed by atoms with E-state index in [0.717, 1.165) is 47.2 Å². The van der Waals surface area contributed by atoms with Gasteiger partial charge < -0.3 is 25.4 Å². The average molecular weight is 477 g/mol. The molecule has 12 heteroatoms. The number of hydrazone groups is 1. The number of halogens is 3. The van der Waals surface area contributed by atoms with Crippen molar-refractivity contribution in [2.45, 2.75) is 25.2 Å². The van der Waals surface area contributed by atoms with Crippen LogP contribution in [-0.2, 0) is 9.59 Å². The fourth-order valence-corrected chi connectivity index (χ4v) is 3.66. The second-order valence-electron chi connectivity index (χ2n) is 7.87. The van der Waals surface area contributed by atoms with Crippen LogP contribution < -0.4 is 25.7 Å². The van der Waals surface area contributed by atoms with E-state index < -0.39 is 12.1 Å². The molecule has 0 spiro atoms. The van der Waals surface area contributed by atoms with Gasteiger partial charge in [0.15, 0.2) is 5.84 Å². The lowest BCUT2D eigenvalue weighted by molar-refractivity contribution is -0.192. The molecule has 1 amide bonds. The summed E-state index contributed by atoms with van der Waals surface area (Å²) in [6, 6.07) is 14.5. The second-order valence-corrected chi connectivity index (χ2v) is 7.87. The molecule has 5 rings (SSSR count). The number of benzene rings is 2. The molecular weight excluding hydrogens is 455 g/mol. The van der Waals surface area contributed by atoms with Gasteiger partial charge in [0.2, 0.25) is 0 Å². The molecule has 0 aromatic heterocycles. The van der Waals surface area contributed by atoms with Gasteiger partial charge in [0.25, 0.3) is 5.91 Å². The van der Waals surface area contributed by atoms with Crippen molar-refractivity contribution in [3.05, 3.63) is 42.5 Å². The molecular formula is C22H22F3N5O4. The minimum absolute atomic E-state index is 0.114. The van der Waals surface area contributed by atoms with Gasteiger partial charge in [-0.05, 0) is 24.6 Å². The first-order chi connectivity index (χ1) is 16.1. The standard InChI is InChI=1S/C20H21N5O2.C2HF3O2/c1-12-20(26)24-23-19-11-27-18-7-15(13-5-3-2-4-6-13)16(8-17(18)25(12)19)22-14-9-21-10-14;3-2(4,5)1(6)7/h2-8,12,14,21-22H,9-11H2,1H3,(H,24,26);(H,6,7)/t12-;/m0./s1. The maximum atomic E-state index is 12.1. The molecule has 180 valence electrons. The van der Waals surface area contributed by atoms with Crippen LogP contribution in [0.3, 0.4) is 0 Å². The highest BCUT2D eigenvalue weighted by Gasteiger charge is 2.38. The zero-order valence-electron chi connectivity index (χ0n) is 18.0. The smallest absolute Gasteiger partial charge is 0.483 e. The second kappa shape index (κ2) is 9.21. The molecule has 0 aliphatic carbocycles. The van der Waals surface area contributed by atoms with Gasteiger partial charge in [-0.25, -0.2) is 10.2 Å². The Kier molecular flexibility index (Phi) is 6.33. The number of amides is 1. The molecule has 9 nitrogen and oxygen atoms in total. The Hall–Kier alpha value is -3.80. The Labute approximate surface area is 192 Å². The highest BCUT2D eigenvalue weighted by Crippen LogP contribution is 2.42. The van der Waals surface area contributed by atoms with E-state index >= 15 is 0 Å². The zero-order valence-corrected chi connectivity index (χ0v) is 18.0. The van der Waals surface area contributed by atoms with Gasteiger partial charge >= 0.3 is 12.1 Å².